The van der Waals surface area contributed by atoms with Crippen LogP contribution in [-0.4, -0.2) is 12.1 Å². The molecule has 3 aliphatic rings. The van der Waals surface area contributed by atoms with Crippen LogP contribution in [0.3, 0.4) is 0 Å². The van der Waals surface area contributed by atoms with Crippen molar-refractivity contribution in [1.29, 1.82) is 0 Å². The molecule has 0 amide bonds. The molecule has 3 aliphatic carbocycles. The molecule has 0 spiro atoms. The van der Waals surface area contributed by atoms with Crippen LogP contribution in [0.1, 0.15) is 65.7 Å². The molecule has 0 aromatic carbocycles. The summed E-state index contributed by atoms with van der Waals surface area (Å²) in [4.78, 5) is 0. The minimum absolute atomic E-state index is 0.819. The summed E-state index contributed by atoms with van der Waals surface area (Å²) >= 11 is 0. The van der Waals surface area contributed by atoms with Gasteiger partial charge in [0.05, 0.1) is 0 Å². The molecule has 1 N–H and O–H groups in total. The molecule has 0 heterocycles. The summed E-state index contributed by atoms with van der Waals surface area (Å²) in [6, 6.07) is 1.71. The van der Waals surface area contributed by atoms with Crippen LogP contribution in [0.15, 0.2) is 0 Å². The van der Waals surface area contributed by atoms with E-state index >= 15 is 0 Å². The SMILES string of the molecule is CC1CCC(C(C)C)C(NC(C2CC2)C2CC2)C1. The number of nitrogens with one attached hydrogen (secondary N) is 1. The summed E-state index contributed by atoms with van der Waals surface area (Å²) < 4.78 is 0. The van der Waals surface area contributed by atoms with E-state index in [4.69, 9.17) is 0 Å². The van der Waals surface area contributed by atoms with E-state index < -0.39 is 0 Å². The molecule has 104 valence electrons. The van der Waals surface area contributed by atoms with Crippen LogP contribution in [0.2, 0.25) is 0 Å². The Morgan fingerprint density at radius 3 is 2.00 bits per heavy atom. The minimum atomic E-state index is 0.819. The van der Waals surface area contributed by atoms with Crippen molar-refractivity contribution in [2.75, 3.05) is 0 Å². The Morgan fingerprint density at radius 2 is 1.50 bits per heavy atom. The van der Waals surface area contributed by atoms with E-state index in [-0.39, 0.29) is 0 Å². The number of hydrogen-bond acceptors (Lipinski definition) is 1. The lowest BCUT2D eigenvalue weighted by atomic mass is 9.73. The van der Waals surface area contributed by atoms with Gasteiger partial charge < -0.3 is 5.32 Å². The third kappa shape index (κ3) is 2.92. The van der Waals surface area contributed by atoms with Crippen LogP contribution < -0.4 is 5.32 Å². The van der Waals surface area contributed by atoms with Crippen LogP contribution in [-0.2, 0) is 0 Å². The summed E-state index contributed by atoms with van der Waals surface area (Å²) in [5, 5.41) is 4.14. The van der Waals surface area contributed by atoms with Crippen molar-refractivity contribution < 1.29 is 0 Å². The lowest BCUT2D eigenvalue weighted by Gasteiger charge is -2.40. The second kappa shape index (κ2) is 5.15. The monoisotopic (exact) mass is 249 g/mol. The highest BCUT2D eigenvalue weighted by Crippen LogP contribution is 2.46. The molecular formula is C17H31N. The highest BCUT2D eigenvalue weighted by Gasteiger charge is 2.43. The minimum Gasteiger partial charge on any atom is -0.310 e. The average molecular weight is 249 g/mol. The van der Waals surface area contributed by atoms with Crippen molar-refractivity contribution in [3.05, 3.63) is 0 Å². The summed E-state index contributed by atoms with van der Waals surface area (Å²) in [7, 11) is 0. The molecule has 0 saturated heterocycles. The van der Waals surface area contributed by atoms with Gasteiger partial charge in [-0.25, -0.2) is 0 Å². The zero-order valence-corrected chi connectivity index (χ0v) is 12.5. The van der Waals surface area contributed by atoms with Gasteiger partial charge in [-0.05, 0) is 68.1 Å². The Balaban J connectivity index is 1.63. The zero-order valence-electron chi connectivity index (χ0n) is 12.5. The van der Waals surface area contributed by atoms with Crippen LogP contribution in [0.5, 0.6) is 0 Å². The molecule has 3 unspecified atom stereocenters. The summed E-state index contributed by atoms with van der Waals surface area (Å²) in [5.74, 6) is 4.82. The smallest absolute Gasteiger partial charge is 0.0126 e. The fourth-order valence-electron chi connectivity index (χ4n) is 4.21. The van der Waals surface area contributed by atoms with Crippen molar-refractivity contribution in [2.45, 2.75) is 77.8 Å². The van der Waals surface area contributed by atoms with E-state index in [1.165, 1.54) is 44.9 Å². The van der Waals surface area contributed by atoms with Crippen LogP contribution in [0.25, 0.3) is 0 Å². The van der Waals surface area contributed by atoms with Crippen molar-refractivity contribution >= 4 is 0 Å². The molecule has 0 aliphatic heterocycles. The van der Waals surface area contributed by atoms with E-state index in [1.807, 2.05) is 0 Å². The molecule has 0 aromatic heterocycles. The Morgan fingerprint density at radius 1 is 0.889 bits per heavy atom. The second-order valence-corrected chi connectivity index (χ2v) is 7.80. The van der Waals surface area contributed by atoms with Crippen molar-refractivity contribution in [1.82, 2.24) is 5.32 Å². The van der Waals surface area contributed by atoms with Crippen molar-refractivity contribution in [3.63, 3.8) is 0 Å². The largest absolute Gasteiger partial charge is 0.310 e. The van der Waals surface area contributed by atoms with Gasteiger partial charge >= 0.3 is 0 Å². The molecular weight excluding hydrogens is 218 g/mol. The van der Waals surface area contributed by atoms with Gasteiger partial charge in [-0.2, -0.15) is 0 Å². The van der Waals surface area contributed by atoms with Crippen molar-refractivity contribution in [2.24, 2.45) is 29.6 Å². The fourth-order valence-corrected chi connectivity index (χ4v) is 4.21. The van der Waals surface area contributed by atoms with Gasteiger partial charge in [0.25, 0.3) is 0 Å². The molecule has 0 radical (unpaired) electrons. The Labute approximate surface area is 113 Å². The van der Waals surface area contributed by atoms with Gasteiger partial charge in [0.1, 0.15) is 0 Å². The molecule has 3 atom stereocenters. The van der Waals surface area contributed by atoms with E-state index in [1.54, 1.807) is 0 Å². The molecule has 3 saturated carbocycles. The maximum absolute atomic E-state index is 4.14. The molecule has 0 aromatic rings. The lowest BCUT2D eigenvalue weighted by Crippen LogP contribution is -2.49. The van der Waals surface area contributed by atoms with Gasteiger partial charge in [-0.3, -0.25) is 0 Å². The molecule has 1 heteroatoms. The summed E-state index contributed by atoms with van der Waals surface area (Å²) in [5.41, 5.74) is 0. The zero-order chi connectivity index (χ0) is 12.7. The predicted molar refractivity (Wildman–Crippen MR) is 77.5 cm³/mol. The predicted octanol–water partition coefficient (Wildman–Crippen LogP) is 4.23. The molecule has 3 fully saturated rings. The van der Waals surface area contributed by atoms with Gasteiger partial charge in [0.15, 0.2) is 0 Å². The first-order valence-electron chi connectivity index (χ1n) is 8.41. The first-order chi connectivity index (χ1) is 8.65. The van der Waals surface area contributed by atoms with E-state index in [2.05, 4.69) is 26.1 Å². The molecule has 18 heavy (non-hydrogen) atoms. The highest BCUT2D eigenvalue weighted by atomic mass is 15.0. The lowest BCUT2D eigenvalue weighted by molar-refractivity contribution is 0.150. The van der Waals surface area contributed by atoms with Crippen molar-refractivity contribution in [3.8, 4) is 0 Å². The highest BCUT2D eigenvalue weighted by molar-refractivity contribution is 4.99. The summed E-state index contributed by atoms with van der Waals surface area (Å²) in [6.07, 6.45) is 10.4. The van der Waals surface area contributed by atoms with Gasteiger partial charge in [0, 0.05) is 12.1 Å². The van der Waals surface area contributed by atoms with E-state index in [0.29, 0.717) is 0 Å². The van der Waals surface area contributed by atoms with Crippen LogP contribution in [0.4, 0.5) is 0 Å². The Hall–Kier alpha value is -0.0400. The van der Waals surface area contributed by atoms with Gasteiger partial charge in [-0.15, -0.1) is 0 Å². The third-order valence-corrected chi connectivity index (χ3v) is 5.69. The maximum Gasteiger partial charge on any atom is 0.0126 e. The average Bonchev–Trinajstić information content (AvgIpc) is 3.17. The topological polar surface area (TPSA) is 12.0 Å². The summed E-state index contributed by atoms with van der Waals surface area (Å²) in [6.45, 7) is 7.31. The molecule has 3 rings (SSSR count). The third-order valence-electron chi connectivity index (χ3n) is 5.69. The van der Waals surface area contributed by atoms with Gasteiger partial charge in [-0.1, -0.05) is 27.2 Å². The second-order valence-electron chi connectivity index (χ2n) is 7.80. The van der Waals surface area contributed by atoms with E-state index in [0.717, 1.165) is 41.7 Å². The quantitative estimate of drug-likeness (QED) is 0.769. The van der Waals surface area contributed by atoms with Crippen LogP contribution in [0, 0.1) is 29.6 Å². The molecule has 0 bridgehead atoms. The number of rotatable bonds is 5. The van der Waals surface area contributed by atoms with Gasteiger partial charge in [0.2, 0.25) is 0 Å². The standard InChI is InChI=1S/C17H31N/c1-11(2)15-9-4-12(3)10-16(15)18-17(13-5-6-13)14-7-8-14/h11-18H,4-10H2,1-3H3. The molecule has 1 nitrogen and oxygen atoms in total. The first kappa shape index (κ1) is 13.0. The Bertz CT molecular complexity index is 265. The normalized spacial score (nSPS) is 37.5. The fraction of sp³-hybridized carbons (Fsp3) is 1.00. The van der Waals surface area contributed by atoms with Crippen LogP contribution >= 0.6 is 0 Å². The maximum atomic E-state index is 4.14. The van der Waals surface area contributed by atoms with E-state index in [9.17, 15) is 0 Å². The number of hydrogen-bond donors (Lipinski definition) is 1. The Kier molecular flexibility index (Phi) is 3.71. The first-order valence-corrected chi connectivity index (χ1v) is 8.41.